The van der Waals surface area contributed by atoms with Crippen molar-refractivity contribution in [2.24, 2.45) is 0 Å². The van der Waals surface area contributed by atoms with Gasteiger partial charge >= 0.3 is 0 Å². The third-order valence-electron chi connectivity index (χ3n) is 4.20. The van der Waals surface area contributed by atoms with E-state index in [1.807, 2.05) is 22.4 Å². The Bertz CT molecular complexity index is 823. The fourth-order valence-electron chi connectivity index (χ4n) is 3.11. The molecule has 1 atom stereocenters. The number of rotatable bonds is 2. The van der Waals surface area contributed by atoms with Crippen molar-refractivity contribution in [3.8, 4) is 0 Å². The Labute approximate surface area is 137 Å². The van der Waals surface area contributed by atoms with Gasteiger partial charge in [0.1, 0.15) is 11.9 Å². The van der Waals surface area contributed by atoms with Crippen LogP contribution in [0.3, 0.4) is 0 Å². The van der Waals surface area contributed by atoms with Gasteiger partial charge in [0.25, 0.3) is 5.91 Å². The highest BCUT2D eigenvalue weighted by Crippen LogP contribution is 2.35. The lowest BCUT2D eigenvalue weighted by Crippen LogP contribution is -2.42. The summed E-state index contributed by atoms with van der Waals surface area (Å²) in [4.78, 5) is 16.0. The maximum absolute atomic E-state index is 13.1. The summed E-state index contributed by atoms with van der Waals surface area (Å²) < 4.78 is 15.3. The van der Waals surface area contributed by atoms with Gasteiger partial charge < -0.3 is 9.47 Å². The van der Waals surface area contributed by atoms with Crippen molar-refractivity contribution in [3.63, 3.8) is 0 Å². The number of carbonyl (C=O) groups excluding carboxylic acids is 1. The third-order valence-corrected chi connectivity index (χ3v) is 5.13. The molecule has 23 heavy (non-hydrogen) atoms. The molecule has 1 amide bonds. The van der Waals surface area contributed by atoms with Crippen LogP contribution in [-0.4, -0.2) is 21.9 Å². The third kappa shape index (κ3) is 2.47. The highest BCUT2D eigenvalue weighted by Gasteiger charge is 2.33. The van der Waals surface area contributed by atoms with Crippen LogP contribution in [0.25, 0.3) is 0 Å². The Kier molecular flexibility index (Phi) is 3.50. The maximum Gasteiger partial charge on any atom is 0.254 e. The van der Waals surface area contributed by atoms with E-state index in [9.17, 15) is 9.18 Å². The number of carbonyl (C=O) groups is 1. The molecule has 0 bridgehead atoms. The van der Waals surface area contributed by atoms with Crippen molar-refractivity contribution in [1.82, 2.24) is 9.47 Å². The van der Waals surface area contributed by atoms with E-state index in [1.165, 1.54) is 12.1 Å². The van der Waals surface area contributed by atoms with Crippen LogP contribution in [0.15, 0.2) is 60.1 Å². The molecule has 0 N–H and O–H groups in total. The molecule has 0 saturated carbocycles. The molecule has 0 spiro atoms. The smallest absolute Gasteiger partial charge is 0.254 e. The van der Waals surface area contributed by atoms with Crippen molar-refractivity contribution in [2.45, 2.75) is 12.6 Å². The number of fused-ring (bicyclic) bond motifs is 1. The Morgan fingerprint density at radius 1 is 1.09 bits per heavy atom. The highest BCUT2D eigenvalue weighted by atomic mass is 32.1. The Balaban J connectivity index is 1.75. The van der Waals surface area contributed by atoms with Gasteiger partial charge in [-0.1, -0.05) is 6.07 Å². The maximum atomic E-state index is 13.1. The van der Waals surface area contributed by atoms with Crippen LogP contribution in [0, 0.1) is 5.82 Å². The highest BCUT2D eigenvalue weighted by molar-refractivity contribution is 7.10. The van der Waals surface area contributed by atoms with Crippen LogP contribution in [0.5, 0.6) is 0 Å². The average molecular weight is 326 g/mol. The minimum Gasteiger partial charge on any atom is -0.347 e. The lowest BCUT2D eigenvalue weighted by molar-refractivity contribution is 0.0667. The largest absolute Gasteiger partial charge is 0.347 e. The Morgan fingerprint density at radius 2 is 1.91 bits per heavy atom. The molecule has 0 unspecified atom stereocenters. The molecule has 3 heterocycles. The van der Waals surface area contributed by atoms with Crippen LogP contribution in [0.4, 0.5) is 4.39 Å². The monoisotopic (exact) mass is 326 g/mol. The first-order chi connectivity index (χ1) is 11.2. The summed E-state index contributed by atoms with van der Waals surface area (Å²) in [5.74, 6) is -0.389. The first-order valence-corrected chi connectivity index (χ1v) is 8.37. The van der Waals surface area contributed by atoms with E-state index in [4.69, 9.17) is 0 Å². The number of hydrogen-bond acceptors (Lipinski definition) is 2. The van der Waals surface area contributed by atoms with Crippen LogP contribution in [0.1, 0.15) is 27.0 Å². The van der Waals surface area contributed by atoms with Gasteiger partial charge in [-0.3, -0.25) is 4.79 Å². The SMILES string of the molecule is O=C(c1ccc(F)cc1)N1CCn2cccc2[C@H]1c1cccs1. The second-order valence-electron chi connectivity index (χ2n) is 5.55. The average Bonchev–Trinajstić information content (AvgIpc) is 3.25. The van der Waals surface area contributed by atoms with Gasteiger partial charge in [0.15, 0.2) is 0 Å². The molecule has 0 saturated heterocycles. The van der Waals surface area contributed by atoms with Crippen molar-refractivity contribution >= 4 is 17.2 Å². The van der Waals surface area contributed by atoms with Crippen LogP contribution in [-0.2, 0) is 6.54 Å². The summed E-state index contributed by atoms with van der Waals surface area (Å²) in [5.41, 5.74) is 1.64. The van der Waals surface area contributed by atoms with Crippen LogP contribution in [0.2, 0.25) is 0 Å². The number of halogens is 1. The zero-order valence-corrected chi connectivity index (χ0v) is 13.2. The van der Waals surface area contributed by atoms with E-state index >= 15 is 0 Å². The molecule has 3 nitrogen and oxygen atoms in total. The topological polar surface area (TPSA) is 25.2 Å². The molecule has 1 aliphatic rings. The Morgan fingerprint density at radius 3 is 2.65 bits per heavy atom. The van der Waals surface area contributed by atoms with E-state index in [0.29, 0.717) is 12.1 Å². The molecule has 4 rings (SSSR count). The van der Waals surface area contributed by atoms with Gasteiger partial charge in [0, 0.05) is 35.4 Å². The standard InChI is InChI=1S/C18H15FN2OS/c19-14-7-5-13(6-8-14)18(22)21-11-10-20-9-1-3-15(20)17(21)16-4-2-12-23-16/h1-9,12,17H,10-11H2/t17-/m0/s1. The fraction of sp³-hybridized carbons (Fsp3) is 0.167. The van der Waals surface area contributed by atoms with E-state index in [2.05, 4.69) is 22.9 Å². The lowest BCUT2D eigenvalue weighted by atomic mass is 10.1. The second-order valence-corrected chi connectivity index (χ2v) is 6.53. The van der Waals surface area contributed by atoms with Gasteiger partial charge in [-0.15, -0.1) is 11.3 Å². The molecule has 3 aromatic rings. The lowest BCUT2D eigenvalue weighted by Gasteiger charge is -2.36. The van der Waals surface area contributed by atoms with Gasteiger partial charge in [-0.2, -0.15) is 0 Å². The summed E-state index contributed by atoms with van der Waals surface area (Å²) in [7, 11) is 0. The van der Waals surface area contributed by atoms with Gasteiger partial charge in [-0.25, -0.2) is 4.39 Å². The van der Waals surface area contributed by atoms with Crippen molar-refractivity contribution in [2.75, 3.05) is 6.54 Å². The predicted molar refractivity (Wildman–Crippen MR) is 88.0 cm³/mol. The molecular weight excluding hydrogens is 311 g/mol. The van der Waals surface area contributed by atoms with E-state index in [0.717, 1.165) is 17.1 Å². The molecule has 1 aliphatic heterocycles. The van der Waals surface area contributed by atoms with Crippen LogP contribution < -0.4 is 0 Å². The van der Waals surface area contributed by atoms with Gasteiger partial charge in [0.05, 0.1) is 0 Å². The summed E-state index contributed by atoms with van der Waals surface area (Å²) >= 11 is 1.65. The molecule has 0 radical (unpaired) electrons. The summed E-state index contributed by atoms with van der Waals surface area (Å²) in [6, 6.07) is 13.8. The first kappa shape index (κ1) is 14.2. The van der Waals surface area contributed by atoms with Crippen molar-refractivity contribution < 1.29 is 9.18 Å². The molecule has 0 fully saturated rings. The van der Waals surface area contributed by atoms with Crippen LogP contribution >= 0.6 is 11.3 Å². The normalized spacial score (nSPS) is 17.1. The van der Waals surface area contributed by atoms with E-state index < -0.39 is 0 Å². The summed E-state index contributed by atoms with van der Waals surface area (Å²) in [6.45, 7) is 1.41. The number of amides is 1. The molecule has 1 aromatic carbocycles. The summed E-state index contributed by atoms with van der Waals surface area (Å²) in [5, 5.41) is 2.03. The first-order valence-electron chi connectivity index (χ1n) is 7.49. The predicted octanol–water partition coefficient (Wildman–Crippen LogP) is 3.93. The van der Waals surface area contributed by atoms with Crippen molar-refractivity contribution in [1.29, 1.82) is 0 Å². The molecular formula is C18H15FN2OS. The second kappa shape index (κ2) is 5.66. The number of nitrogens with zero attached hydrogens (tertiary/aromatic N) is 2. The fourth-order valence-corrected chi connectivity index (χ4v) is 3.95. The molecule has 5 heteroatoms. The number of benzene rings is 1. The zero-order valence-electron chi connectivity index (χ0n) is 12.4. The molecule has 116 valence electrons. The van der Waals surface area contributed by atoms with Gasteiger partial charge in [-0.05, 0) is 47.8 Å². The minimum atomic E-state index is -0.330. The van der Waals surface area contributed by atoms with Crippen molar-refractivity contribution in [3.05, 3.63) is 82.1 Å². The zero-order chi connectivity index (χ0) is 15.8. The number of hydrogen-bond donors (Lipinski definition) is 0. The number of aromatic nitrogens is 1. The van der Waals surface area contributed by atoms with Gasteiger partial charge in [0.2, 0.25) is 0 Å². The molecule has 0 aliphatic carbocycles. The van der Waals surface area contributed by atoms with E-state index in [1.54, 1.807) is 23.5 Å². The number of thiophene rings is 1. The van der Waals surface area contributed by atoms with E-state index in [-0.39, 0.29) is 17.8 Å². The quantitative estimate of drug-likeness (QED) is 0.700. The minimum absolute atomic E-state index is 0.0594. The summed E-state index contributed by atoms with van der Waals surface area (Å²) in [6.07, 6.45) is 2.05. The molecule has 2 aromatic heterocycles. The Hall–Kier alpha value is -2.40.